The molecule has 2 aromatic rings. The third-order valence-corrected chi connectivity index (χ3v) is 5.11. The second-order valence-corrected chi connectivity index (χ2v) is 7.15. The normalized spacial score (nSPS) is 13.0. The first-order chi connectivity index (χ1) is 12.4. The molecular weight excluding hydrogens is 354 g/mol. The minimum absolute atomic E-state index is 0.0892. The monoisotopic (exact) mass is 374 g/mol. The molecule has 1 heterocycles. The number of hydrogen-bond donors (Lipinski definition) is 1. The van der Waals surface area contributed by atoms with Gasteiger partial charge in [-0.1, -0.05) is 29.8 Å². The lowest BCUT2D eigenvalue weighted by Gasteiger charge is -2.22. The standard InChI is InChI=1S/C19H21NO5S/c1-12-5-7-14(8-6-12)18(10-16(22)17-4-3-9-25-17)26-11-15(19(23)24)20-13(2)21/h3-9,15,18H,10-11H2,1-2H3,(H,20,21)(H,23,24)/p-1. The van der Waals surface area contributed by atoms with E-state index < -0.39 is 17.9 Å². The fourth-order valence-corrected chi connectivity index (χ4v) is 3.65. The van der Waals surface area contributed by atoms with Gasteiger partial charge in [0.1, 0.15) is 0 Å². The van der Waals surface area contributed by atoms with Gasteiger partial charge in [-0.2, -0.15) is 11.8 Å². The summed E-state index contributed by atoms with van der Waals surface area (Å²) in [5, 5.41) is 13.3. The molecule has 0 fully saturated rings. The van der Waals surface area contributed by atoms with Crippen molar-refractivity contribution in [1.82, 2.24) is 5.32 Å². The highest BCUT2D eigenvalue weighted by atomic mass is 32.2. The number of amides is 1. The summed E-state index contributed by atoms with van der Waals surface area (Å²) in [6.45, 7) is 3.21. The SMILES string of the molecule is CC(=O)NC(CSC(CC(=O)c1ccco1)c1ccc(C)cc1)C(=O)[O-]. The van der Waals surface area contributed by atoms with Crippen molar-refractivity contribution in [3.8, 4) is 0 Å². The molecule has 7 heteroatoms. The third-order valence-electron chi connectivity index (χ3n) is 3.74. The number of carbonyl (C=O) groups is 3. The van der Waals surface area contributed by atoms with Gasteiger partial charge in [0.2, 0.25) is 5.91 Å². The molecule has 0 bridgehead atoms. The number of Topliss-reactive ketones (excluding diaryl/α,β-unsaturated/α-hetero) is 1. The predicted octanol–water partition coefficient (Wildman–Crippen LogP) is 1.89. The molecule has 2 unspecified atom stereocenters. The van der Waals surface area contributed by atoms with Crippen molar-refractivity contribution in [2.75, 3.05) is 5.75 Å². The van der Waals surface area contributed by atoms with Crippen molar-refractivity contribution < 1.29 is 23.9 Å². The lowest BCUT2D eigenvalue weighted by molar-refractivity contribution is -0.307. The highest BCUT2D eigenvalue weighted by molar-refractivity contribution is 7.99. The van der Waals surface area contributed by atoms with E-state index >= 15 is 0 Å². The van der Waals surface area contributed by atoms with E-state index in [1.54, 1.807) is 12.1 Å². The molecule has 138 valence electrons. The Morgan fingerprint density at radius 3 is 2.42 bits per heavy atom. The van der Waals surface area contributed by atoms with E-state index in [0.717, 1.165) is 11.1 Å². The van der Waals surface area contributed by atoms with Crippen molar-refractivity contribution in [3.63, 3.8) is 0 Å². The van der Waals surface area contributed by atoms with Crippen LogP contribution in [0.3, 0.4) is 0 Å². The van der Waals surface area contributed by atoms with E-state index in [2.05, 4.69) is 5.32 Å². The van der Waals surface area contributed by atoms with Crippen molar-refractivity contribution in [2.45, 2.75) is 31.6 Å². The summed E-state index contributed by atoms with van der Waals surface area (Å²) in [6, 6.07) is 9.81. The van der Waals surface area contributed by atoms with Crippen molar-refractivity contribution in [2.24, 2.45) is 0 Å². The van der Waals surface area contributed by atoms with Crippen LogP contribution in [0.1, 0.15) is 40.3 Å². The Morgan fingerprint density at radius 2 is 1.88 bits per heavy atom. The largest absolute Gasteiger partial charge is 0.548 e. The number of carboxylic acids is 1. The lowest BCUT2D eigenvalue weighted by atomic mass is 10.0. The average molecular weight is 374 g/mol. The van der Waals surface area contributed by atoms with E-state index in [1.807, 2.05) is 31.2 Å². The number of carbonyl (C=O) groups excluding carboxylic acids is 3. The number of aryl methyl sites for hydroxylation is 1. The van der Waals surface area contributed by atoms with Crippen LogP contribution in [0.2, 0.25) is 0 Å². The zero-order valence-electron chi connectivity index (χ0n) is 14.6. The molecule has 1 aromatic heterocycles. The summed E-state index contributed by atoms with van der Waals surface area (Å²) in [7, 11) is 0. The maximum Gasteiger partial charge on any atom is 0.217 e. The summed E-state index contributed by atoms with van der Waals surface area (Å²) in [5.41, 5.74) is 1.99. The second-order valence-electron chi connectivity index (χ2n) is 5.91. The number of furan rings is 1. The molecule has 2 atom stereocenters. The fraction of sp³-hybridized carbons (Fsp3) is 0.316. The van der Waals surface area contributed by atoms with Crippen LogP contribution in [-0.2, 0) is 9.59 Å². The maximum atomic E-state index is 12.4. The van der Waals surface area contributed by atoms with E-state index in [0.29, 0.717) is 0 Å². The van der Waals surface area contributed by atoms with Gasteiger partial charge >= 0.3 is 0 Å². The molecule has 0 aliphatic heterocycles. The Kier molecular flexibility index (Phi) is 7.03. The highest BCUT2D eigenvalue weighted by Gasteiger charge is 2.22. The van der Waals surface area contributed by atoms with Crippen LogP contribution in [0, 0.1) is 6.92 Å². The second kappa shape index (κ2) is 9.24. The molecule has 1 aromatic carbocycles. The van der Waals surface area contributed by atoms with Crippen LogP contribution in [0.5, 0.6) is 0 Å². The molecular formula is C19H20NO5S-. The number of aliphatic carboxylic acids is 1. The lowest BCUT2D eigenvalue weighted by Crippen LogP contribution is -2.48. The Labute approximate surface area is 156 Å². The number of nitrogens with one attached hydrogen (secondary N) is 1. The van der Waals surface area contributed by atoms with Crippen LogP contribution in [0.15, 0.2) is 47.1 Å². The van der Waals surface area contributed by atoms with Gasteiger partial charge in [-0.15, -0.1) is 0 Å². The fourth-order valence-electron chi connectivity index (χ4n) is 2.39. The quantitative estimate of drug-likeness (QED) is 0.673. The minimum Gasteiger partial charge on any atom is -0.548 e. The first kappa shape index (κ1) is 19.8. The van der Waals surface area contributed by atoms with Gasteiger partial charge in [0, 0.05) is 24.3 Å². The summed E-state index contributed by atoms with van der Waals surface area (Å²) in [4.78, 5) is 34.8. The first-order valence-corrected chi connectivity index (χ1v) is 9.14. The van der Waals surface area contributed by atoms with Gasteiger partial charge in [-0.05, 0) is 24.6 Å². The molecule has 0 aliphatic rings. The van der Waals surface area contributed by atoms with E-state index in [1.165, 1.54) is 24.9 Å². The molecule has 0 saturated carbocycles. The van der Waals surface area contributed by atoms with Crippen LogP contribution in [0.4, 0.5) is 0 Å². The topological polar surface area (TPSA) is 99.4 Å². The van der Waals surface area contributed by atoms with Gasteiger partial charge < -0.3 is 19.6 Å². The number of hydrogen-bond acceptors (Lipinski definition) is 6. The Bertz CT molecular complexity index is 755. The number of rotatable bonds is 9. The minimum atomic E-state index is -1.35. The van der Waals surface area contributed by atoms with Crippen molar-refractivity contribution >= 4 is 29.4 Å². The Balaban J connectivity index is 2.14. The van der Waals surface area contributed by atoms with Crippen molar-refractivity contribution in [1.29, 1.82) is 0 Å². The average Bonchev–Trinajstić information content (AvgIpc) is 3.12. The number of benzene rings is 1. The van der Waals surface area contributed by atoms with E-state index in [-0.39, 0.29) is 29.0 Å². The first-order valence-electron chi connectivity index (χ1n) is 8.09. The van der Waals surface area contributed by atoms with E-state index in [9.17, 15) is 19.5 Å². The van der Waals surface area contributed by atoms with Crippen LogP contribution >= 0.6 is 11.8 Å². The maximum absolute atomic E-state index is 12.4. The molecule has 6 nitrogen and oxygen atoms in total. The number of carboxylic acid groups (broad SMARTS) is 1. The summed E-state index contributed by atoms with van der Waals surface area (Å²) >= 11 is 1.29. The molecule has 0 saturated heterocycles. The molecule has 0 spiro atoms. The van der Waals surface area contributed by atoms with Gasteiger partial charge in [0.25, 0.3) is 0 Å². The molecule has 2 rings (SSSR count). The van der Waals surface area contributed by atoms with Crippen LogP contribution in [0.25, 0.3) is 0 Å². The third kappa shape index (κ3) is 5.77. The van der Waals surface area contributed by atoms with Gasteiger partial charge in [-0.25, -0.2) is 0 Å². The highest BCUT2D eigenvalue weighted by Crippen LogP contribution is 2.34. The van der Waals surface area contributed by atoms with Crippen LogP contribution in [-0.4, -0.2) is 29.5 Å². The van der Waals surface area contributed by atoms with Gasteiger partial charge in [0.05, 0.1) is 18.3 Å². The Hall–Kier alpha value is -2.54. The number of thioether (sulfide) groups is 1. The smallest absolute Gasteiger partial charge is 0.217 e. The summed E-state index contributed by atoms with van der Waals surface area (Å²) in [6.07, 6.45) is 1.59. The zero-order chi connectivity index (χ0) is 19.1. The van der Waals surface area contributed by atoms with Gasteiger partial charge in [0.15, 0.2) is 11.5 Å². The zero-order valence-corrected chi connectivity index (χ0v) is 15.4. The Morgan fingerprint density at radius 1 is 1.19 bits per heavy atom. The molecule has 1 N–H and O–H groups in total. The van der Waals surface area contributed by atoms with E-state index in [4.69, 9.17) is 4.42 Å². The predicted molar refractivity (Wildman–Crippen MR) is 96.6 cm³/mol. The molecule has 26 heavy (non-hydrogen) atoms. The summed E-state index contributed by atoms with van der Waals surface area (Å²) < 4.78 is 5.15. The molecule has 0 radical (unpaired) electrons. The molecule has 0 aliphatic carbocycles. The summed E-state index contributed by atoms with van der Waals surface area (Å²) in [5.74, 6) is -1.61. The van der Waals surface area contributed by atoms with Gasteiger partial charge in [-0.3, -0.25) is 9.59 Å². The van der Waals surface area contributed by atoms with Crippen LogP contribution < -0.4 is 10.4 Å². The number of ketones is 1. The van der Waals surface area contributed by atoms with Crippen molar-refractivity contribution in [3.05, 3.63) is 59.5 Å². The molecule has 1 amide bonds.